The molecule has 0 aliphatic heterocycles. The molecule has 1 heterocycles. The van der Waals surface area contributed by atoms with E-state index in [4.69, 9.17) is 23.7 Å². The van der Waals surface area contributed by atoms with Crippen LogP contribution in [0, 0.1) is 0 Å². The van der Waals surface area contributed by atoms with Gasteiger partial charge < -0.3 is 39.1 Å². The summed E-state index contributed by atoms with van der Waals surface area (Å²) in [6, 6.07) is 38.2. The highest BCUT2D eigenvalue weighted by Gasteiger charge is 2.64. The Bertz CT molecular complexity index is 1850. The van der Waals surface area contributed by atoms with Gasteiger partial charge >= 0.3 is 0 Å². The Morgan fingerprint density at radius 2 is 1.22 bits per heavy atom. The monoisotopic (exact) mass is 748 g/mol. The molecule has 1 saturated carbocycles. The number of rotatable bonds is 21. The Hall–Kier alpha value is -4.35. The van der Waals surface area contributed by atoms with E-state index >= 15 is 0 Å². The second-order valence-corrected chi connectivity index (χ2v) is 14.2. The van der Waals surface area contributed by atoms with E-state index in [1.54, 1.807) is 6.92 Å². The van der Waals surface area contributed by atoms with E-state index in [2.05, 4.69) is 10.3 Å². The SMILES string of the molecule is CCOC1(c2c[nH]c3ccccc23)C(O)C(OCCCCCCCNC(C)=O)C(OCc2ccccc2)C(OCc2ccccc2)C1OCc1ccccc1. The number of carbonyl (C=O) groups excluding carboxylic acids is 1. The summed E-state index contributed by atoms with van der Waals surface area (Å²) in [6.07, 6.45) is 2.33. The fourth-order valence-corrected chi connectivity index (χ4v) is 7.70. The molecular weight excluding hydrogens is 693 g/mol. The van der Waals surface area contributed by atoms with E-state index in [1.165, 1.54) is 0 Å². The molecule has 55 heavy (non-hydrogen) atoms. The smallest absolute Gasteiger partial charge is 0.216 e. The van der Waals surface area contributed by atoms with Crippen molar-refractivity contribution < 1.29 is 33.6 Å². The summed E-state index contributed by atoms with van der Waals surface area (Å²) in [5.41, 5.74) is 3.27. The van der Waals surface area contributed by atoms with Gasteiger partial charge in [-0.15, -0.1) is 0 Å². The summed E-state index contributed by atoms with van der Waals surface area (Å²) >= 11 is 0. The molecule has 0 spiro atoms. The maximum absolute atomic E-state index is 13.0. The number of fused-ring (bicyclic) bond motifs is 1. The van der Waals surface area contributed by atoms with Crippen molar-refractivity contribution in [1.82, 2.24) is 10.3 Å². The van der Waals surface area contributed by atoms with E-state index in [0.29, 0.717) is 26.4 Å². The van der Waals surface area contributed by atoms with Crippen molar-refractivity contribution in [3.8, 4) is 0 Å². The molecule has 1 aromatic heterocycles. The van der Waals surface area contributed by atoms with Crippen LogP contribution in [0.4, 0.5) is 0 Å². The summed E-state index contributed by atoms with van der Waals surface area (Å²) in [6.45, 7) is 5.73. The van der Waals surface area contributed by atoms with Crippen LogP contribution in [-0.2, 0) is 53.9 Å². The molecule has 3 N–H and O–H groups in total. The number of hydrogen-bond acceptors (Lipinski definition) is 7. The number of aromatic amines is 1. The number of aliphatic hydroxyl groups excluding tert-OH is 1. The minimum absolute atomic E-state index is 0.00185. The Morgan fingerprint density at radius 3 is 1.84 bits per heavy atom. The van der Waals surface area contributed by atoms with Crippen molar-refractivity contribution in [3.05, 3.63) is 144 Å². The zero-order valence-corrected chi connectivity index (χ0v) is 32.1. The number of hydrogen-bond donors (Lipinski definition) is 3. The molecule has 5 aromatic rings. The molecule has 9 heteroatoms. The quantitative estimate of drug-likeness (QED) is 0.0653. The Kier molecular flexibility index (Phi) is 15.1. The van der Waals surface area contributed by atoms with E-state index in [1.807, 2.05) is 128 Å². The zero-order chi connectivity index (χ0) is 38.3. The average Bonchev–Trinajstić information content (AvgIpc) is 3.65. The van der Waals surface area contributed by atoms with Gasteiger partial charge in [-0.1, -0.05) is 128 Å². The second kappa shape index (κ2) is 20.5. The number of aromatic nitrogens is 1. The predicted molar refractivity (Wildman–Crippen MR) is 214 cm³/mol. The number of aliphatic hydroxyl groups is 1. The highest BCUT2D eigenvalue weighted by Crippen LogP contribution is 2.48. The van der Waals surface area contributed by atoms with E-state index in [9.17, 15) is 9.90 Å². The first-order chi connectivity index (χ1) is 27.0. The van der Waals surface area contributed by atoms with Crippen molar-refractivity contribution in [2.45, 2.75) is 102 Å². The predicted octanol–water partition coefficient (Wildman–Crippen LogP) is 8.00. The molecule has 0 saturated heterocycles. The molecule has 0 radical (unpaired) electrons. The highest BCUT2D eigenvalue weighted by atomic mass is 16.6. The molecule has 9 nitrogen and oxygen atoms in total. The van der Waals surface area contributed by atoms with Gasteiger partial charge in [0.05, 0.1) is 19.8 Å². The second-order valence-electron chi connectivity index (χ2n) is 14.2. The van der Waals surface area contributed by atoms with Crippen LogP contribution < -0.4 is 5.32 Å². The minimum Gasteiger partial charge on any atom is -0.387 e. The molecule has 6 atom stereocenters. The average molecular weight is 749 g/mol. The van der Waals surface area contributed by atoms with Crippen LogP contribution in [0.15, 0.2) is 121 Å². The highest BCUT2D eigenvalue weighted by molar-refractivity contribution is 5.84. The Morgan fingerprint density at radius 1 is 0.673 bits per heavy atom. The van der Waals surface area contributed by atoms with Gasteiger partial charge in [0.25, 0.3) is 0 Å². The summed E-state index contributed by atoms with van der Waals surface area (Å²) < 4.78 is 34.6. The van der Waals surface area contributed by atoms with Gasteiger partial charge in [-0.05, 0) is 42.5 Å². The van der Waals surface area contributed by atoms with Gasteiger partial charge in [-0.2, -0.15) is 0 Å². The van der Waals surface area contributed by atoms with Crippen LogP contribution in [-0.4, -0.2) is 66.3 Å². The molecule has 1 aliphatic rings. The maximum Gasteiger partial charge on any atom is 0.216 e. The molecular formula is C46H56N2O7. The van der Waals surface area contributed by atoms with Crippen molar-refractivity contribution in [1.29, 1.82) is 0 Å². The fraction of sp³-hybridized carbons (Fsp3) is 0.413. The summed E-state index contributed by atoms with van der Waals surface area (Å²) in [7, 11) is 0. The number of H-pyrrole nitrogens is 1. The van der Waals surface area contributed by atoms with Gasteiger partial charge in [0.1, 0.15) is 30.5 Å². The number of para-hydroxylation sites is 1. The number of nitrogens with one attached hydrogen (secondary N) is 2. The standard InChI is InChI=1S/C46H56N2O7/c1-3-55-46(39-30-48-40-27-17-16-26-38(39)40)44(50)42(51-29-19-6-4-5-18-28-47-34(2)49)41(52-31-35-20-10-7-11-21-35)43(53-32-36-22-12-8-13-23-36)45(46)54-33-37-24-14-9-15-25-37/h7-17,20-27,30,41-45,48,50H,3-6,18-19,28-29,31-33H2,1-2H3,(H,47,49). The third kappa shape index (κ3) is 10.3. The third-order valence-corrected chi connectivity index (χ3v) is 10.4. The summed E-state index contributed by atoms with van der Waals surface area (Å²) in [5.74, 6) is -0.00185. The first-order valence-electron chi connectivity index (χ1n) is 19.7. The molecule has 6 unspecified atom stereocenters. The lowest BCUT2D eigenvalue weighted by Gasteiger charge is -2.55. The number of ether oxygens (including phenoxy) is 5. The number of unbranched alkanes of at least 4 members (excludes halogenated alkanes) is 4. The maximum atomic E-state index is 13.0. The summed E-state index contributed by atoms with van der Waals surface area (Å²) in [4.78, 5) is 14.7. The van der Waals surface area contributed by atoms with Gasteiger partial charge in [-0.3, -0.25) is 4.79 Å². The molecule has 4 aromatic carbocycles. The molecule has 1 fully saturated rings. The van der Waals surface area contributed by atoms with Gasteiger partial charge in [0.2, 0.25) is 5.91 Å². The van der Waals surface area contributed by atoms with Crippen LogP contribution in [0.5, 0.6) is 0 Å². The third-order valence-electron chi connectivity index (χ3n) is 10.4. The zero-order valence-electron chi connectivity index (χ0n) is 32.1. The molecule has 0 bridgehead atoms. The lowest BCUT2D eigenvalue weighted by atomic mass is 9.70. The van der Waals surface area contributed by atoms with E-state index in [0.717, 1.165) is 65.3 Å². The normalized spacial score (nSPS) is 22.5. The Balaban J connectivity index is 1.39. The first kappa shape index (κ1) is 40.3. The van der Waals surface area contributed by atoms with Crippen molar-refractivity contribution >= 4 is 16.8 Å². The molecule has 1 aliphatic carbocycles. The molecule has 1 amide bonds. The summed E-state index contributed by atoms with van der Waals surface area (Å²) in [5, 5.41) is 16.8. The number of amides is 1. The first-order valence-corrected chi connectivity index (χ1v) is 19.7. The van der Waals surface area contributed by atoms with Crippen LogP contribution in [0.1, 0.15) is 68.2 Å². The molecule has 292 valence electrons. The lowest BCUT2D eigenvalue weighted by molar-refractivity contribution is -0.321. The van der Waals surface area contributed by atoms with Crippen LogP contribution >= 0.6 is 0 Å². The number of benzene rings is 4. The van der Waals surface area contributed by atoms with Crippen molar-refractivity contribution in [3.63, 3.8) is 0 Å². The largest absolute Gasteiger partial charge is 0.387 e. The van der Waals surface area contributed by atoms with Gasteiger partial charge in [0.15, 0.2) is 5.60 Å². The lowest BCUT2D eigenvalue weighted by Crippen LogP contribution is -2.71. The fourth-order valence-electron chi connectivity index (χ4n) is 7.70. The van der Waals surface area contributed by atoms with Crippen molar-refractivity contribution in [2.24, 2.45) is 0 Å². The van der Waals surface area contributed by atoms with E-state index < -0.39 is 36.1 Å². The van der Waals surface area contributed by atoms with Gasteiger partial charge in [-0.25, -0.2) is 0 Å². The topological polar surface area (TPSA) is 111 Å². The minimum atomic E-state index is -1.41. The van der Waals surface area contributed by atoms with E-state index in [-0.39, 0.29) is 19.1 Å². The number of carbonyl (C=O) groups is 1. The van der Waals surface area contributed by atoms with Crippen molar-refractivity contribution in [2.75, 3.05) is 19.8 Å². The van der Waals surface area contributed by atoms with Crippen LogP contribution in [0.2, 0.25) is 0 Å². The Labute approximate surface area is 325 Å². The van der Waals surface area contributed by atoms with Crippen LogP contribution in [0.25, 0.3) is 10.9 Å². The van der Waals surface area contributed by atoms with Gasteiger partial charge in [0, 0.05) is 49.3 Å². The molecule has 6 rings (SSSR count). The van der Waals surface area contributed by atoms with Crippen LogP contribution in [0.3, 0.4) is 0 Å².